The van der Waals surface area contributed by atoms with Crippen molar-refractivity contribution in [3.8, 4) is 0 Å². The van der Waals surface area contributed by atoms with Gasteiger partial charge in [-0.25, -0.2) is 21.6 Å². The molecule has 10 heteroatoms. The Kier molecular flexibility index (Phi) is 8.86. The number of benzene rings is 2. The van der Waals surface area contributed by atoms with E-state index in [1.54, 1.807) is 50.2 Å². The Labute approximate surface area is 202 Å². The second kappa shape index (κ2) is 11.4. The van der Waals surface area contributed by atoms with E-state index in [0.717, 1.165) is 30.4 Å². The Morgan fingerprint density at radius 3 is 2.00 bits per heavy atom. The predicted octanol–water partition coefficient (Wildman–Crippen LogP) is 2.80. The van der Waals surface area contributed by atoms with Gasteiger partial charge in [0.25, 0.3) is 0 Å². The summed E-state index contributed by atoms with van der Waals surface area (Å²) in [7, 11) is -7.00. The molecule has 0 radical (unpaired) electrons. The van der Waals surface area contributed by atoms with Crippen molar-refractivity contribution in [2.75, 3.05) is 13.1 Å². The van der Waals surface area contributed by atoms with Gasteiger partial charge in [0.15, 0.2) is 0 Å². The van der Waals surface area contributed by atoms with E-state index in [1.807, 2.05) is 0 Å². The van der Waals surface area contributed by atoms with Crippen LogP contribution < -0.4 is 10.0 Å². The molecule has 1 saturated heterocycles. The van der Waals surface area contributed by atoms with Crippen molar-refractivity contribution < 1.29 is 21.6 Å². The summed E-state index contributed by atoms with van der Waals surface area (Å²) in [6.45, 7) is 4.95. The number of aryl methyl sites for hydroxylation is 1. The number of piperidine rings is 1. The Hall–Kier alpha value is -2.27. The van der Waals surface area contributed by atoms with Gasteiger partial charge in [0.1, 0.15) is 0 Å². The minimum absolute atomic E-state index is 0.136. The molecular weight excluding hydrogens is 474 g/mol. The summed E-state index contributed by atoms with van der Waals surface area (Å²) >= 11 is 0. The van der Waals surface area contributed by atoms with Crippen molar-refractivity contribution in [1.82, 2.24) is 14.3 Å². The van der Waals surface area contributed by atoms with Gasteiger partial charge in [0.05, 0.1) is 9.79 Å². The third kappa shape index (κ3) is 7.11. The number of carbonyl (C=O) groups is 1. The highest BCUT2D eigenvalue weighted by molar-refractivity contribution is 7.89. The summed E-state index contributed by atoms with van der Waals surface area (Å²) in [6.07, 6.45) is 3.59. The van der Waals surface area contributed by atoms with E-state index in [2.05, 4.69) is 10.0 Å². The maximum atomic E-state index is 12.7. The molecule has 0 unspecified atom stereocenters. The lowest BCUT2D eigenvalue weighted by Crippen LogP contribution is -2.35. The van der Waals surface area contributed by atoms with Crippen LogP contribution in [0.25, 0.3) is 0 Å². The Morgan fingerprint density at radius 1 is 0.853 bits per heavy atom. The average Bonchev–Trinajstić information content (AvgIpc) is 2.81. The quantitative estimate of drug-likeness (QED) is 0.514. The normalized spacial score (nSPS) is 15.4. The van der Waals surface area contributed by atoms with Gasteiger partial charge in [-0.2, -0.15) is 4.31 Å². The van der Waals surface area contributed by atoms with Crippen LogP contribution in [0.1, 0.15) is 50.7 Å². The Bertz CT molecular complexity index is 1170. The highest BCUT2D eigenvalue weighted by Crippen LogP contribution is 2.21. The molecule has 186 valence electrons. The van der Waals surface area contributed by atoms with Gasteiger partial charge >= 0.3 is 0 Å². The van der Waals surface area contributed by atoms with Crippen molar-refractivity contribution >= 4 is 26.0 Å². The van der Waals surface area contributed by atoms with Gasteiger partial charge in [-0.3, -0.25) is 4.79 Å². The number of amides is 1. The maximum absolute atomic E-state index is 12.7. The number of nitrogens with one attached hydrogen (secondary N) is 2. The maximum Gasteiger partial charge on any atom is 0.243 e. The molecule has 2 N–H and O–H groups in total. The Morgan fingerprint density at radius 2 is 1.41 bits per heavy atom. The minimum Gasteiger partial charge on any atom is -0.352 e. The van der Waals surface area contributed by atoms with E-state index < -0.39 is 20.0 Å². The van der Waals surface area contributed by atoms with E-state index >= 15 is 0 Å². The molecule has 2 aromatic carbocycles. The first-order chi connectivity index (χ1) is 16.1. The summed E-state index contributed by atoms with van der Waals surface area (Å²) in [5.41, 5.74) is 1.68. The zero-order valence-electron chi connectivity index (χ0n) is 19.7. The predicted molar refractivity (Wildman–Crippen MR) is 131 cm³/mol. The zero-order valence-corrected chi connectivity index (χ0v) is 21.3. The number of nitrogens with zero attached hydrogens (tertiary/aromatic N) is 1. The van der Waals surface area contributed by atoms with Gasteiger partial charge < -0.3 is 5.32 Å². The standard InChI is InChI=1S/C24H33N3O5S2/c1-19(2)26-33(29,30)22-11-6-20(7-12-22)10-15-24(28)25-18-21-8-13-23(14-9-21)34(31,32)27-16-4-3-5-17-27/h6-9,11-14,19,26H,3-5,10,15-18H2,1-2H3,(H,25,28). The lowest BCUT2D eigenvalue weighted by molar-refractivity contribution is -0.121. The first kappa shape index (κ1) is 26.3. The van der Waals surface area contributed by atoms with Crippen LogP contribution >= 0.6 is 0 Å². The van der Waals surface area contributed by atoms with Crippen molar-refractivity contribution in [1.29, 1.82) is 0 Å². The molecule has 3 rings (SSSR count). The molecule has 0 spiro atoms. The zero-order chi connectivity index (χ0) is 24.8. The molecule has 0 aliphatic carbocycles. The number of hydrogen-bond acceptors (Lipinski definition) is 5. The van der Waals surface area contributed by atoms with Crippen LogP contribution in [0.2, 0.25) is 0 Å². The molecular formula is C24H33N3O5S2. The number of sulfonamides is 2. The van der Waals surface area contributed by atoms with E-state index in [4.69, 9.17) is 0 Å². The molecule has 1 aliphatic heterocycles. The van der Waals surface area contributed by atoms with Crippen LogP contribution in [-0.4, -0.2) is 46.2 Å². The third-order valence-electron chi connectivity index (χ3n) is 5.63. The highest BCUT2D eigenvalue weighted by atomic mass is 32.2. The second-order valence-corrected chi connectivity index (χ2v) is 12.5. The van der Waals surface area contributed by atoms with E-state index in [9.17, 15) is 21.6 Å². The molecule has 0 bridgehead atoms. The highest BCUT2D eigenvalue weighted by Gasteiger charge is 2.25. The third-order valence-corrected chi connectivity index (χ3v) is 9.22. The molecule has 8 nitrogen and oxygen atoms in total. The van der Waals surface area contributed by atoms with Gasteiger partial charge in [-0.1, -0.05) is 30.7 Å². The van der Waals surface area contributed by atoms with Crippen molar-refractivity contribution in [2.45, 2.75) is 68.3 Å². The van der Waals surface area contributed by atoms with Gasteiger partial charge in [-0.05, 0) is 68.5 Å². The van der Waals surface area contributed by atoms with Crippen LogP contribution in [0.5, 0.6) is 0 Å². The van der Waals surface area contributed by atoms with Crippen molar-refractivity contribution in [3.63, 3.8) is 0 Å². The lowest BCUT2D eigenvalue weighted by Gasteiger charge is -2.25. The van der Waals surface area contributed by atoms with Gasteiger partial charge in [0.2, 0.25) is 26.0 Å². The van der Waals surface area contributed by atoms with E-state index in [1.165, 1.54) is 16.4 Å². The fourth-order valence-corrected chi connectivity index (χ4v) is 6.56. The molecule has 34 heavy (non-hydrogen) atoms. The number of rotatable bonds is 10. The molecule has 1 heterocycles. The fourth-order valence-electron chi connectivity index (χ4n) is 3.79. The summed E-state index contributed by atoms with van der Waals surface area (Å²) in [6, 6.07) is 12.9. The molecule has 0 saturated carbocycles. The summed E-state index contributed by atoms with van der Waals surface area (Å²) in [4.78, 5) is 12.7. The molecule has 1 fully saturated rings. The molecule has 1 aliphatic rings. The Balaban J connectivity index is 1.48. The average molecular weight is 508 g/mol. The van der Waals surface area contributed by atoms with Crippen molar-refractivity contribution in [2.24, 2.45) is 0 Å². The number of hydrogen-bond donors (Lipinski definition) is 2. The lowest BCUT2D eigenvalue weighted by atomic mass is 10.1. The molecule has 2 aromatic rings. The van der Waals surface area contributed by atoms with Crippen molar-refractivity contribution in [3.05, 3.63) is 59.7 Å². The van der Waals surface area contributed by atoms with Crippen LogP contribution in [0, 0.1) is 0 Å². The smallest absolute Gasteiger partial charge is 0.243 e. The monoisotopic (exact) mass is 507 g/mol. The molecule has 0 atom stereocenters. The summed E-state index contributed by atoms with van der Waals surface area (Å²) < 4.78 is 53.9. The fraction of sp³-hybridized carbons (Fsp3) is 0.458. The number of carbonyl (C=O) groups excluding carboxylic acids is 1. The molecule has 0 aromatic heterocycles. The molecule has 1 amide bonds. The van der Waals surface area contributed by atoms with Crippen LogP contribution in [0.3, 0.4) is 0 Å². The van der Waals surface area contributed by atoms with Gasteiger partial charge in [-0.15, -0.1) is 0 Å². The van der Waals surface area contributed by atoms with E-state index in [0.29, 0.717) is 26.1 Å². The SMILES string of the molecule is CC(C)NS(=O)(=O)c1ccc(CCC(=O)NCc2ccc(S(=O)(=O)N3CCCCC3)cc2)cc1. The van der Waals surface area contributed by atoms with Crippen LogP contribution in [0.4, 0.5) is 0 Å². The minimum atomic E-state index is -3.54. The first-order valence-electron chi connectivity index (χ1n) is 11.5. The largest absolute Gasteiger partial charge is 0.352 e. The first-order valence-corrected chi connectivity index (χ1v) is 14.5. The second-order valence-electron chi connectivity index (χ2n) is 8.81. The van der Waals surface area contributed by atoms with Crippen LogP contribution in [0.15, 0.2) is 58.3 Å². The van der Waals surface area contributed by atoms with Gasteiger partial charge in [0, 0.05) is 32.1 Å². The topological polar surface area (TPSA) is 113 Å². The summed E-state index contributed by atoms with van der Waals surface area (Å²) in [5.74, 6) is -0.136. The summed E-state index contributed by atoms with van der Waals surface area (Å²) in [5, 5.41) is 2.84. The van der Waals surface area contributed by atoms with Crippen LogP contribution in [-0.2, 0) is 37.8 Å². The van der Waals surface area contributed by atoms with E-state index in [-0.39, 0.29) is 28.2 Å².